The van der Waals surface area contributed by atoms with E-state index in [0.29, 0.717) is 13.2 Å². The second kappa shape index (κ2) is 9.81. The molecule has 1 heterocycles. The third kappa shape index (κ3) is 5.61. The van der Waals surface area contributed by atoms with Crippen molar-refractivity contribution in [2.75, 3.05) is 33.4 Å². The highest BCUT2D eigenvalue weighted by molar-refractivity contribution is 5.85. The van der Waals surface area contributed by atoms with E-state index >= 15 is 0 Å². The zero-order valence-electron chi connectivity index (χ0n) is 14.1. The molecule has 1 amide bonds. The Bertz CT molecular complexity index is 519. The molecule has 0 bridgehead atoms. The highest BCUT2D eigenvalue weighted by atomic mass is 35.5. The number of hydrogen-bond acceptors (Lipinski definition) is 4. The Hall–Kier alpha value is -1.37. The molecule has 0 spiro atoms. The van der Waals surface area contributed by atoms with Crippen LogP contribution in [0.15, 0.2) is 24.3 Å². The van der Waals surface area contributed by atoms with Gasteiger partial charge in [0.2, 0.25) is 0 Å². The summed E-state index contributed by atoms with van der Waals surface area (Å²) in [5.74, 6) is -0.632. The second-order valence-electron chi connectivity index (χ2n) is 6.09. The van der Waals surface area contributed by atoms with Gasteiger partial charge in [0.15, 0.2) is 17.7 Å². The topological polar surface area (TPSA) is 59.6 Å². The number of amides is 1. The standard InChI is InChI=1S/C17H25FN2O3.ClH/c1-13(23-15-6-4-3-5-14(15)18)16(21)20-11-17(12-22-2)7-9-19-10-8-17;/h3-6,13,19H,7-12H2,1-2H3,(H,20,21);1H. The van der Waals surface area contributed by atoms with E-state index in [2.05, 4.69) is 10.6 Å². The van der Waals surface area contributed by atoms with Gasteiger partial charge in [-0.05, 0) is 45.0 Å². The molecule has 0 radical (unpaired) electrons. The Morgan fingerprint density at radius 1 is 1.38 bits per heavy atom. The number of carbonyl (C=O) groups is 1. The molecule has 2 N–H and O–H groups in total. The van der Waals surface area contributed by atoms with Gasteiger partial charge in [0.05, 0.1) is 6.61 Å². The van der Waals surface area contributed by atoms with Crippen molar-refractivity contribution in [1.29, 1.82) is 0 Å². The number of hydrogen-bond donors (Lipinski definition) is 2. The molecule has 0 aliphatic carbocycles. The van der Waals surface area contributed by atoms with Crippen molar-refractivity contribution in [3.8, 4) is 5.75 Å². The lowest BCUT2D eigenvalue weighted by Crippen LogP contribution is -2.49. The molecule has 2 rings (SSSR count). The summed E-state index contributed by atoms with van der Waals surface area (Å²) in [7, 11) is 1.68. The molecule has 24 heavy (non-hydrogen) atoms. The summed E-state index contributed by atoms with van der Waals surface area (Å²) in [4.78, 5) is 12.2. The van der Waals surface area contributed by atoms with Gasteiger partial charge in [0.25, 0.3) is 5.91 Å². The van der Waals surface area contributed by atoms with Crippen LogP contribution in [0.1, 0.15) is 19.8 Å². The van der Waals surface area contributed by atoms with Crippen LogP contribution in [0.5, 0.6) is 5.75 Å². The summed E-state index contributed by atoms with van der Waals surface area (Å²) in [6.45, 7) is 4.60. The summed E-state index contributed by atoms with van der Waals surface area (Å²) >= 11 is 0. The summed E-state index contributed by atoms with van der Waals surface area (Å²) in [5, 5.41) is 6.24. The minimum atomic E-state index is -0.756. The average molecular weight is 361 g/mol. The van der Waals surface area contributed by atoms with Gasteiger partial charge < -0.3 is 20.1 Å². The predicted molar refractivity (Wildman–Crippen MR) is 93.2 cm³/mol. The van der Waals surface area contributed by atoms with Gasteiger partial charge >= 0.3 is 0 Å². The fourth-order valence-electron chi connectivity index (χ4n) is 2.84. The molecule has 1 saturated heterocycles. The minimum absolute atomic E-state index is 0. The smallest absolute Gasteiger partial charge is 0.260 e. The van der Waals surface area contributed by atoms with Crippen molar-refractivity contribution >= 4 is 18.3 Å². The van der Waals surface area contributed by atoms with Crippen molar-refractivity contribution in [1.82, 2.24) is 10.6 Å². The molecule has 7 heteroatoms. The molecule has 0 aromatic heterocycles. The van der Waals surface area contributed by atoms with Gasteiger partial charge in [-0.1, -0.05) is 12.1 Å². The van der Waals surface area contributed by atoms with Crippen LogP contribution in [-0.2, 0) is 9.53 Å². The molecule has 1 aromatic carbocycles. The lowest BCUT2D eigenvalue weighted by atomic mass is 9.79. The van der Waals surface area contributed by atoms with Crippen LogP contribution in [0, 0.1) is 11.2 Å². The number of benzene rings is 1. The molecule has 1 atom stereocenters. The molecule has 0 saturated carbocycles. The summed E-state index contributed by atoms with van der Waals surface area (Å²) < 4.78 is 24.3. The summed E-state index contributed by atoms with van der Waals surface area (Å²) in [6, 6.07) is 6.07. The van der Waals surface area contributed by atoms with E-state index in [4.69, 9.17) is 9.47 Å². The quantitative estimate of drug-likeness (QED) is 0.782. The SMILES string of the molecule is COCC1(CNC(=O)C(C)Oc2ccccc2F)CCNCC1.Cl. The van der Waals surface area contributed by atoms with Gasteiger partial charge in [-0.25, -0.2) is 4.39 Å². The molecule has 136 valence electrons. The van der Waals surface area contributed by atoms with Crippen LogP contribution in [0.3, 0.4) is 0 Å². The first-order chi connectivity index (χ1) is 11.1. The van der Waals surface area contributed by atoms with Crippen LogP contribution in [-0.4, -0.2) is 45.4 Å². The monoisotopic (exact) mass is 360 g/mol. The largest absolute Gasteiger partial charge is 0.478 e. The molecular formula is C17H26ClFN2O3. The Labute approximate surface area is 148 Å². The lowest BCUT2D eigenvalue weighted by Gasteiger charge is -2.37. The minimum Gasteiger partial charge on any atom is -0.478 e. The van der Waals surface area contributed by atoms with E-state index in [-0.39, 0.29) is 29.5 Å². The van der Waals surface area contributed by atoms with E-state index < -0.39 is 11.9 Å². The number of carbonyl (C=O) groups excluding carboxylic acids is 1. The number of halogens is 2. The van der Waals surface area contributed by atoms with Crippen LogP contribution < -0.4 is 15.4 Å². The zero-order chi connectivity index (χ0) is 16.7. The van der Waals surface area contributed by atoms with Gasteiger partial charge in [0.1, 0.15) is 0 Å². The third-order valence-electron chi connectivity index (χ3n) is 4.26. The van der Waals surface area contributed by atoms with Crippen LogP contribution >= 0.6 is 12.4 Å². The number of nitrogens with one attached hydrogen (secondary N) is 2. The van der Waals surface area contributed by atoms with Gasteiger partial charge in [-0.2, -0.15) is 0 Å². The Kier molecular flexibility index (Phi) is 8.45. The van der Waals surface area contributed by atoms with Gasteiger partial charge in [0, 0.05) is 19.1 Å². The first-order valence-corrected chi connectivity index (χ1v) is 7.95. The number of rotatable bonds is 7. The van der Waals surface area contributed by atoms with Crippen molar-refractivity contribution in [2.45, 2.75) is 25.9 Å². The maximum atomic E-state index is 13.6. The maximum absolute atomic E-state index is 13.6. The number of piperidine rings is 1. The molecular weight excluding hydrogens is 335 g/mol. The molecule has 1 aliphatic rings. The molecule has 1 aromatic rings. The Balaban J connectivity index is 0.00000288. The van der Waals surface area contributed by atoms with Crippen LogP contribution in [0.4, 0.5) is 4.39 Å². The maximum Gasteiger partial charge on any atom is 0.260 e. The number of para-hydroxylation sites is 1. The fraction of sp³-hybridized carbons (Fsp3) is 0.588. The van der Waals surface area contributed by atoms with E-state index in [1.807, 2.05) is 0 Å². The lowest BCUT2D eigenvalue weighted by molar-refractivity contribution is -0.128. The van der Waals surface area contributed by atoms with E-state index in [9.17, 15) is 9.18 Å². The highest BCUT2D eigenvalue weighted by Gasteiger charge is 2.33. The van der Waals surface area contributed by atoms with E-state index in [1.165, 1.54) is 12.1 Å². The Morgan fingerprint density at radius 3 is 2.67 bits per heavy atom. The first kappa shape index (κ1) is 20.7. The van der Waals surface area contributed by atoms with Gasteiger partial charge in [-0.3, -0.25) is 4.79 Å². The van der Waals surface area contributed by atoms with E-state index in [1.54, 1.807) is 26.2 Å². The van der Waals surface area contributed by atoms with E-state index in [0.717, 1.165) is 25.9 Å². The summed E-state index contributed by atoms with van der Waals surface area (Å²) in [6.07, 6.45) is 1.14. The number of methoxy groups -OCH3 is 1. The van der Waals surface area contributed by atoms with Crippen molar-refractivity contribution in [3.05, 3.63) is 30.1 Å². The third-order valence-corrected chi connectivity index (χ3v) is 4.26. The normalized spacial score (nSPS) is 17.5. The number of ether oxygens (including phenoxy) is 2. The molecule has 5 nitrogen and oxygen atoms in total. The molecule has 1 unspecified atom stereocenters. The summed E-state index contributed by atoms with van der Waals surface area (Å²) in [5.41, 5.74) is -0.0482. The van der Waals surface area contributed by atoms with Crippen LogP contribution in [0.25, 0.3) is 0 Å². The highest BCUT2D eigenvalue weighted by Crippen LogP contribution is 2.28. The predicted octanol–water partition coefficient (Wildman–Crippen LogP) is 2.15. The van der Waals surface area contributed by atoms with Gasteiger partial charge in [-0.15, -0.1) is 12.4 Å². The Morgan fingerprint density at radius 2 is 2.04 bits per heavy atom. The van der Waals surface area contributed by atoms with Crippen molar-refractivity contribution in [3.63, 3.8) is 0 Å². The molecule has 1 fully saturated rings. The molecule has 1 aliphatic heterocycles. The average Bonchev–Trinajstić information content (AvgIpc) is 2.56. The van der Waals surface area contributed by atoms with Crippen LogP contribution in [0.2, 0.25) is 0 Å². The van der Waals surface area contributed by atoms with Crippen molar-refractivity contribution in [2.24, 2.45) is 5.41 Å². The zero-order valence-corrected chi connectivity index (χ0v) is 15.0. The van der Waals surface area contributed by atoms with Crippen molar-refractivity contribution < 1.29 is 18.7 Å². The first-order valence-electron chi connectivity index (χ1n) is 7.95. The fourth-order valence-corrected chi connectivity index (χ4v) is 2.84. The second-order valence-corrected chi connectivity index (χ2v) is 6.09.